The lowest BCUT2D eigenvalue weighted by Crippen LogP contribution is -2.73. The van der Waals surface area contributed by atoms with Crippen molar-refractivity contribution in [2.24, 2.45) is 5.92 Å². The lowest BCUT2D eigenvalue weighted by molar-refractivity contribution is -0.149. The molecular weight excluding hydrogens is 462 g/mol. The number of benzene rings is 1. The van der Waals surface area contributed by atoms with Crippen molar-refractivity contribution in [2.45, 2.75) is 127 Å². The number of rotatable bonds is 13. The van der Waals surface area contributed by atoms with E-state index in [1.807, 2.05) is 13.0 Å². The fourth-order valence-corrected chi connectivity index (χ4v) is 7.37. The van der Waals surface area contributed by atoms with Crippen molar-refractivity contribution in [2.75, 3.05) is 13.1 Å². The number of piperidine rings is 1. The summed E-state index contributed by atoms with van der Waals surface area (Å²) in [6, 6.07) is 4.09. The summed E-state index contributed by atoms with van der Waals surface area (Å²) in [7, 11) is 0. The minimum Gasteiger partial charge on any atom is -0.481 e. The molecule has 37 heavy (non-hydrogen) atoms. The van der Waals surface area contributed by atoms with Gasteiger partial charge in [-0.15, -0.1) is 0 Å². The highest BCUT2D eigenvalue weighted by Crippen LogP contribution is 2.63. The third-order valence-electron chi connectivity index (χ3n) is 9.76. The number of unbranched alkanes of at least 4 members (excludes halogenated alkanes) is 6. The molecule has 4 aliphatic rings. The number of aliphatic hydroxyl groups is 1. The summed E-state index contributed by atoms with van der Waals surface area (Å²) in [6.07, 6.45) is 13.3. The molecule has 4 atom stereocenters. The van der Waals surface area contributed by atoms with E-state index in [2.05, 4.69) is 31.4 Å². The van der Waals surface area contributed by atoms with Gasteiger partial charge in [0.2, 0.25) is 0 Å². The second-order valence-corrected chi connectivity index (χ2v) is 12.3. The lowest BCUT2D eigenvalue weighted by Gasteiger charge is -2.60. The first-order valence-electron chi connectivity index (χ1n) is 15.0. The van der Waals surface area contributed by atoms with Crippen molar-refractivity contribution in [1.29, 1.82) is 0 Å². The number of nitrogens with zero attached hydrogens (tertiary/aromatic N) is 1. The first-order valence-corrected chi connectivity index (χ1v) is 15.0. The van der Waals surface area contributed by atoms with Gasteiger partial charge in [-0.25, -0.2) is 0 Å². The molecule has 5 nitrogen and oxygen atoms in total. The standard InChI is InChI=1S/C32H47NO4/c1-5-7-8-9-10-11-12-13-27(34)36-25-17-16-24-20-26-31(4,35)32(18-19-33(26)21-23-14-15-23)28(24)29(25)37-30(32)22(3)6-2/h16-17,23,26,30,35H,3,5-15,18-21H2,1-2,4H3. The van der Waals surface area contributed by atoms with Crippen molar-refractivity contribution in [1.82, 2.24) is 4.90 Å². The first kappa shape index (κ1) is 26.7. The highest BCUT2D eigenvalue weighted by molar-refractivity contribution is 5.75. The van der Waals surface area contributed by atoms with Gasteiger partial charge in [-0.2, -0.15) is 0 Å². The second-order valence-electron chi connectivity index (χ2n) is 12.3. The van der Waals surface area contributed by atoms with Gasteiger partial charge in [0.05, 0.1) is 11.0 Å². The van der Waals surface area contributed by atoms with E-state index in [1.165, 1.54) is 50.5 Å². The smallest absolute Gasteiger partial charge is 0.311 e. The molecule has 2 bridgehead atoms. The van der Waals surface area contributed by atoms with Crippen LogP contribution in [0.25, 0.3) is 0 Å². The molecule has 2 aliphatic carbocycles. The normalized spacial score (nSPS) is 30.1. The van der Waals surface area contributed by atoms with Crippen LogP contribution in [0.2, 0.25) is 0 Å². The molecule has 5 heteroatoms. The summed E-state index contributed by atoms with van der Waals surface area (Å²) >= 11 is 0. The largest absolute Gasteiger partial charge is 0.481 e. The summed E-state index contributed by atoms with van der Waals surface area (Å²) in [6.45, 7) is 12.8. The molecule has 0 radical (unpaired) electrons. The fourth-order valence-electron chi connectivity index (χ4n) is 7.37. The van der Waals surface area contributed by atoms with Crippen LogP contribution in [0.15, 0.2) is 24.3 Å². The van der Waals surface area contributed by atoms with E-state index in [-0.39, 0.29) is 18.1 Å². The Morgan fingerprint density at radius 3 is 2.59 bits per heavy atom. The SMILES string of the molecule is C=C(CC)C1Oc2c(OC(=O)CCCCCCCCC)ccc3c2C12CCN(CC1CC1)C(C3)C2(C)O. The van der Waals surface area contributed by atoms with Gasteiger partial charge < -0.3 is 14.6 Å². The molecule has 1 aromatic rings. The van der Waals surface area contributed by atoms with E-state index < -0.39 is 11.0 Å². The van der Waals surface area contributed by atoms with Gasteiger partial charge in [0, 0.05) is 24.6 Å². The molecule has 1 N–H and O–H groups in total. The molecule has 2 heterocycles. The summed E-state index contributed by atoms with van der Waals surface area (Å²) in [5.41, 5.74) is 1.78. The van der Waals surface area contributed by atoms with Gasteiger partial charge in [-0.1, -0.05) is 65.0 Å². The molecule has 0 amide bonds. The molecule has 204 valence electrons. The number of hydrogen-bond acceptors (Lipinski definition) is 5. The number of likely N-dealkylation sites (tertiary alicyclic amines) is 1. The highest BCUT2D eigenvalue weighted by Gasteiger charge is 2.68. The van der Waals surface area contributed by atoms with Crippen molar-refractivity contribution >= 4 is 5.97 Å². The molecule has 0 aromatic heterocycles. The summed E-state index contributed by atoms with van der Waals surface area (Å²) in [5, 5.41) is 12.3. The third-order valence-corrected chi connectivity index (χ3v) is 9.76. The average molecular weight is 510 g/mol. The van der Waals surface area contributed by atoms with Gasteiger partial charge >= 0.3 is 5.97 Å². The maximum atomic E-state index is 12.8. The van der Waals surface area contributed by atoms with E-state index in [0.717, 1.165) is 62.2 Å². The predicted octanol–water partition coefficient (Wildman–Crippen LogP) is 6.49. The van der Waals surface area contributed by atoms with Gasteiger partial charge in [-0.3, -0.25) is 9.69 Å². The van der Waals surface area contributed by atoms with E-state index in [4.69, 9.17) is 9.47 Å². The molecular formula is C32H47NO4. The zero-order chi connectivity index (χ0) is 26.2. The molecule has 1 aromatic carbocycles. The molecule has 5 rings (SSSR count). The van der Waals surface area contributed by atoms with E-state index in [9.17, 15) is 9.90 Å². The molecule has 4 unspecified atom stereocenters. The van der Waals surface area contributed by atoms with Gasteiger partial charge in [-0.05, 0) is 75.1 Å². The van der Waals surface area contributed by atoms with Gasteiger partial charge in [0.15, 0.2) is 11.5 Å². The maximum absolute atomic E-state index is 12.8. The van der Waals surface area contributed by atoms with Gasteiger partial charge in [0.25, 0.3) is 0 Å². The average Bonchev–Trinajstić information content (AvgIpc) is 3.61. The second kappa shape index (κ2) is 10.7. The number of carbonyl (C=O) groups excluding carboxylic acids is 1. The van der Waals surface area contributed by atoms with Crippen LogP contribution in [-0.2, 0) is 16.6 Å². The van der Waals surface area contributed by atoms with Crippen LogP contribution in [0.3, 0.4) is 0 Å². The topological polar surface area (TPSA) is 59.0 Å². The van der Waals surface area contributed by atoms with Crippen LogP contribution in [0.1, 0.15) is 109 Å². The van der Waals surface area contributed by atoms with Gasteiger partial charge in [0.1, 0.15) is 6.10 Å². The van der Waals surface area contributed by atoms with Crippen molar-refractivity contribution in [3.05, 3.63) is 35.4 Å². The zero-order valence-corrected chi connectivity index (χ0v) is 23.3. The van der Waals surface area contributed by atoms with Crippen LogP contribution in [0.5, 0.6) is 11.5 Å². The van der Waals surface area contributed by atoms with Crippen molar-refractivity contribution in [3.63, 3.8) is 0 Å². The Balaban J connectivity index is 1.37. The Morgan fingerprint density at radius 2 is 1.89 bits per heavy atom. The quantitative estimate of drug-likeness (QED) is 0.143. The Bertz CT molecular complexity index is 1010. The number of ether oxygens (including phenoxy) is 2. The highest BCUT2D eigenvalue weighted by atomic mass is 16.6. The zero-order valence-electron chi connectivity index (χ0n) is 23.3. The molecule has 1 saturated carbocycles. The first-order chi connectivity index (χ1) is 17.8. The van der Waals surface area contributed by atoms with Crippen LogP contribution in [-0.4, -0.2) is 46.8 Å². The third kappa shape index (κ3) is 4.76. The monoisotopic (exact) mass is 509 g/mol. The number of fused-ring (bicyclic) bond motifs is 1. The Morgan fingerprint density at radius 1 is 1.16 bits per heavy atom. The Labute approximate surface area is 223 Å². The summed E-state index contributed by atoms with van der Waals surface area (Å²) in [5.74, 6) is 1.76. The Hall–Kier alpha value is -1.85. The number of carbonyl (C=O) groups is 1. The van der Waals surface area contributed by atoms with Crippen molar-refractivity contribution < 1.29 is 19.4 Å². The number of esters is 1. The number of hydrogen-bond donors (Lipinski definition) is 1. The van der Waals surface area contributed by atoms with Crippen LogP contribution in [0.4, 0.5) is 0 Å². The molecule has 1 saturated heterocycles. The minimum atomic E-state index is -0.957. The Kier molecular flexibility index (Phi) is 7.75. The van der Waals surface area contributed by atoms with E-state index >= 15 is 0 Å². The molecule has 1 spiro atoms. The summed E-state index contributed by atoms with van der Waals surface area (Å²) < 4.78 is 12.6. The van der Waals surface area contributed by atoms with Crippen molar-refractivity contribution in [3.8, 4) is 11.5 Å². The van der Waals surface area contributed by atoms with Crippen LogP contribution < -0.4 is 9.47 Å². The minimum absolute atomic E-state index is 0.0572. The molecule has 2 fully saturated rings. The predicted molar refractivity (Wildman–Crippen MR) is 147 cm³/mol. The van der Waals surface area contributed by atoms with E-state index in [1.54, 1.807) is 0 Å². The maximum Gasteiger partial charge on any atom is 0.311 e. The fraction of sp³-hybridized carbons (Fsp3) is 0.719. The lowest BCUT2D eigenvalue weighted by atomic mass is 9.52. The molecule has 2 aliphatic heterocycles. The van der Waals surface area contributed by atoms with Crippen LogP contribution in [0, 0.1) is 5.92 Å². The van der Waals surface area contributed by atoms with Crippen LogP contribution >= 0.6 is 0 Å². The summed E-state index contributed by atoms with van der Waals surface area (Å²) in [4.78, 5) is 15.3. The van der Waals surface area contributed by atoms with E-state index in [0.29, 0.717) is 17.9 Å².